The lowest BCUT2D eigenvalue weighted by Gasteiger charge is -2.03. The summed E-state index contributed by atoms with van der Waals surface area (Å²) in [5, 5.41) is 14.1. The van der Waals surface area contributed by atoms with Gasteiger partial charge in [0.15, 0.2) is 11.3 Å². The first-order chi connectivity index (χ1) is 10.6. The molecule has 1 aromatic carbocycles. The van der Waals surface area contributed by atoms with Gasteiger partial charge < -0.3 is 9.84 Å². The second-order valence-corrected chi connectivity index (χ2v) is 5.52. The van der Waals surface area contributed by atoms with Crippen LogP contribution in [0.1, 0.15) is 16.1 Å². The fourth-order valence-electron chi connectivity index (χ4n) is 2.17. The number of ether oxygens (including phenoxy) is 1. The number of fused-ring (bicyclic) bond motifs is 1. The standard InChI is InChI=1S/C15H12BrN3O3/c1-22-15(21)13-12-5-9(8-20)7-17-14(12)19(18-13)11-4-2-3-10(16)6-11/h2-7,20H,8H2,1H3. The number of pyridine rings is 1. The van der Waals surface area contributed by atoms with Crippen molar-refractivity contribution in [3.63, 3.8) is 0 Å². The number of hydrogen-bond donors (Lipinski definition) is 1. The summed E-state index contributed by atoms with van der Waals surface area (Å²) in [5.74, 6) is -0.546. The minimum Gasteiger partial charge on any atom is -0.464 e. The molecule has 0 aliphatic carbocycles. The van der Waals surface area contributed by atoms with Gasteiger partial charge in [-0.15, -0.1) is 0 Å². The fraction of sp³-hybridized carbons (Fsp3) is 0.133. The molecular weight excluding hydrogens is 350 g/mol. The van der Waals surface area contributed by atoms with Crippen molar-refractivity contribution in [2.75, 3.05) is 7.11 Å². The number of aromatic nitrogens is 3. The minimum absolute atomic E-state index is 0.161. The van der Waals surface area contributed by atoms with Gasteiger partial charge in [-0.05, 0) is 29.8 Å². The van der Waals surface area contributed by atoms with E-state index in [1.54, 1.807) is 16.9 Å². The number of hydrogen-bond acceptors (Lipinski definition) is 5. The lowest BCUT2D eigenvalue weighted by Crippen LogP contribution is -2.04. The number of methoxy groups -OCH3 is 1. The van der Waals surface area contributed by atoms with Crippen molar-refractivity contribution in [3.05, 3.63) is 52.3 Å². The zero-order chi connectivity index (χ0) is 15.7. The van der Waals surface area contributed by atoms with Crippen molar-refractivity contribution >= 4 is 32.9 Å². The summed E-state index contributed by atoms with van der Waals surface area (Å²) in [4.78, 5) is 16.3. The van der Waals surface area contributed by atoms with Gasteiger partial charge in [0.25, 0.3) is 0 Å². The number of aliphatic hydroxyl groups is 1. The normalized spacial score (nSPS) is 10.9. The van der Waals surface area contributed by atoms with Crippen molar-refractivity contribution in [2.24, 2.45) is 0 Å². The highest BCUT2D eigenvalue weighted by molar-refractivity contribution is 9.10. The highest BCUT2D eigenvalue weighted by atomic mass is 79.9. The molecule has 0 bridgehead atoms. The number of nitrogens with zero attached hydrogens (tertiary/aromatic N) is 3. The summed E-state index contributed by atoms with van der Waals surface area (Å²) in [6.07, 6.45) is 1.56. The smallest absolute Gasteiger partial charge is 0.359 e. The summed E-state index contributed by atoms with van der Waals surface area (Å²) >= 11 is 3.41. The maximum absolute atomic E-state index is 11.9. The van der Waals surface area contributed by atoms with Gasteiger partial charge in [-0.3, -0.25) is 0 Å². The van der Waals surface area contributed by atoms with Gasteiger partial charge >= 0.3 is 5.97 Å². The molecule has 0 unspecified atom stereocenters. The Bertz CT molecular complexity index is 860. The Kier molecular flexibility index (Phi) is 3.91. The topological polar surface area (TPSA) is 77.2 Å². The van der Waals surface area contributed by atoms with Crippen molar-refractivity contribution in [1.82, 2.24) is 14.8 Å². The highest BCUT2D eigenvalue weighted by Gasteiger charge is 2.20. The number of esters is 1. The van der Waals surface area contributed by atoms with E-state index in [2.05, 4.69) is 26.0 Å². The predicted octanol–water partition coefficient (Wildman–Crippen LogP) is 2.46. The molecule has 0 radical (unpaired) electrons. The van der Waals surface area contributed by atoms with Gasteiger partial charge in [0.1, 0.15) is 0 Å². The molecule has 0 saturated heterocycles. The number of rotatable bonds is 3. The van der Waals surface area contributed by atoms with Crippen LogP contribution in [-0.2, 0) is 11.3 Å². The summed E-state index contributed by atoms with van der Waals surface area (Å²) in [7, 11) is 1.30. The van der Waals surface area contributed by atoms with E-state index in [1.807, 2.05) is 24.3 Å². The first kappa shape index (κ1) is 14.7. The first-order valence-corrected chi connectivity index (χ1v) is 7.26. The van der Waals surface area contributed by atoms with Crippen LogP contribution in [0.3, 0.4) is 0 Å². The van der Waals surface area contributed by atoms with Gasteiger partial charge in [-0.1, -0.05) is 22.0 Å². The van der Waals surface area contributed by atoms with E-state index in [4.69, 9.17) is 4.74 Å². The molecule has 0 spiro atoms. The molecule has 0 aliphatic rings. The molecule has 0 aliphatic heterocycles. The summed E-state index contributed by atoms with van der Waals surface area (Å²) in [6, 6.07) is 9.19. The third-order valence-electron chi connectivity index (χ3n) is 3.19. The molecule has 22 heavy (non-hydrogen) atoms. The number of halogens is 1. The number of benzene rings is 1. The zero-order valence-electron chi connectivity index (χ0n) is 11.7. The SMILES string of the molecule is COC(=O)c1nn(-c2cccc(Br)c2)c2ncc(CO)cc12. The highest BCUT2D eigenvalue weighted by Crippen LogP contribution is 2.23. The molecule has 0 atom stereocenters. The summed E-state index contributed by atoms with van der Waals surface area (Å²) < 4.78 is 7.24. The average Bonchev–Trinajstić information content (AvgIpc) is 2.92. The Balaban J connectivity index is 2.29. The first-order valence-electron chi connectivity index (χ1n) is 6.47. The quantitative estimate of drug-likeness (QED) is 0.725. The molecule has 6 nitrogen and oxygen atoms in total. The van der Waals surface area contributed by atoms with Gasteiger partial charge in [0.2, 0.25) is 0 Å². The van der Waals surface area contributed by atoms with E-state index >= 15 is 0 Å². The second-order valence-electron chi connectivity index (χ2n) is 4.60. The van der Waals surface area contributed by atoms with Gasteiger partial charge in [0.05, 0.1) is 24.8 Å². The van der Waals surface area contributed by atoms with E-state index in [0.717, 1.165) is 10.2 Å². The van der Waals surface area contributed by atoms with Crippen LogP contribution < -0.4 is 0 Å². The van der Waals surface area contributed by atoms with Crippen LogP contribution in [0.5, 0.6) is 0 Å². The summed E-state index contributed by atoms with van der Waals surface area (Å²) in [6.45, 7) is -0.161. The molecule has 112 valence electrons. The van der Waals surface area contributed by atoms with Gasteiger partial charge in [0, 0.05) is 10.7 Å². The maximum atomic E-state index is 11.9. The Hall–Kier alpha value is -2.25. The van der Waals surface area contributed by atoms with Crippen molar-refractivity contribution in [3.8, 4) is 5.69 Å². The monoisotopic (exact) mass is 361 g/mol. The maximum Gasteiger partial charge on any atom is 0.359 e. The predicted molar refractivity (Wildman–Crippen MR) is 83.8 cm³/mol. The Morgan fingerprint density at radius 1 is 1.41 bits per heavy atom. The van der Waals surface area contributed by atoms with Crippen LogP contribution in [0.25, 0.3) is 16.7 Å². The van der Waals surface area contributed by atoms with Crippen LogP contribution >= 0.6 is 15.9 Å². The molecule has 0 saturated carbocycles. The van der Waals surface area contributed by atoms with E-state index < -0.39 is 5.97 Å². The van der Waals surface area contributed by atoms with Crippen molar-refractivity contribution in [1.29, 1.82) is 0 Å². The third kappa shape index (κ3) is 2.49. The van der Waals surface area contributed by atoms with E-state index in [-0.39, 0.29) is 12.3 Å². The molecule has 3 aromatic rings. The lowest BCUT2D eigenvalue weighted by molar-refractivity contribution is 0.0595. The molecular formula is C15H12BrN3O3. The Morgan fingerprint density at radius 3 is 2.91 bits per heavy atom. The van der Waals surface area contributed by atoms with E-state index in [9.17, 15) is 9.90 Å². The molecule has 7 heteroatoms. The zero-order valence-corrected chi connectivity index (χ0v) is 13.2. The minimum atomic E-state index is -0.546. The molecule has 2 aromatic heterocycles. The molecule has 0 fully saturated rings. The number of aliphatic hydroxyl groups excluding tert-OH is 1. The lowest BCUT2D eigenvalue weighted by atomic mass is 10.2. The van der Waals surface area contributed by atoms with Crippen molar-refractivity contribution < 1.29 is 14.6 Å². The van der Waals surface area contributed by atoms with Gasteiger partial charge in [-0.2, -0.15) is 5.10 Å². The van der Waals surface area contributed by atoms with E-state index in [1.165, 1.54) is 7.11 Å². The number of carbonyl (C=O) groups is 1. The molecule has 2 heterocycles. The van der Waals surface area contributed by atoms with Crippen LogP contribution in [-0.4, -0.2) is 33.0 Å². The average molecular weight is 362 g/mol. The molecule has 3 rings (SSSR count). The largest absolute Gasteiger partial charge is 0.464 e. The van der Waals surface area contributed by atoms with Crippen LogP contribution in [0.15, 0.2) is 41.0 Å². The second kappa shape index (κ2) is 5.86. The van der Waals surface area contributed by atoms with Crippen LogP contribution in [0.2, 0.25) is 0 Å². The molecule has 0 amide bonds. The Morgan fingerprint density at radius 2 is 2.23 bits per heavy atom. The van der Waals surface area contributed by atoms with E-state index in [0.29, 0.717) is 16.6 Å². The van der Waals surface area contributed by atoms with Crippen LogP contribution in [0.4, 0.5) is 0 Å². The Labute approximate surface area is 134 Å². The molecule has 1 N–H and O–H groups in total. The van der Waals surface area contributed by atoms with Crippen LogP contribution in [0, 0.1) is 0 Å². The fourth-order valence-corrected chi connectivity index (χ4v) is 2.55. The summed E-state index contributed by atoms with van der Waals surface area (Å²) in [5.41, 5.74) is 2.06. The van der Waals surface area contributed by atoms with Gasteiger partial charge in [-0.25, -0.2) is 14.5 Å². The number of carbonyl (C=O) groups excluding carboxylic acids is 1. The van der Waals surface area contributed by atoms with Crippen molar-refractivity contribution in [2.45, 2.75) is 6.61 Å². The third-order valence-corrected chi connectivity index (χ3v) is 3.69.